The van der Waals surface area contributed by atoms with Crippen molar-refractivity contribution in [1.82, 2.24) is 0 Å². The summed E-state index contributed by atoms with van der Waals surface area (Å²) in [4.78, 5) is 11.7. The van der Waals surface area contributed by atoms with Gasteiger partial charge in [0.05, 0.1) is 6.04 Å². The van der Waals surface area contributed by atoms with Crippen LogP contribution >= 0.6 is 0 Å². The van der Waals surface area contributed by atoms with Crippen LogP contribution in [0.4, 0.5) is 5.69 Å². The maximum atomic E-state index is 11.7. The average Bonchev–Trinajstić information content (AvgIpc) is 2.50. The van der Waals surface area contributed by atoms with Gasteiger partial charge in [-0.25, -0.2) is 0 Å². The molecule has 2 aromatic rings. The normalized spacial score (nSPS) is 11.8. The summed E-state index contributed by atoms with van der Waals surface area (Å²) in [5, 5.41) is 2.77. The highest BCUT2D eigenvalue weighted by Crippen LogP contribution is 2.23. The van der Waals surface area contributed by atoms with Crippen molar-refractivity contribution < 1.29 is 9.53 Å². The molecule has 2 aromatic carbocycles. The first-order chi connectivity index (χ1) is 10.1. The van der Waals surface area contributed by atoms with E-state index in [1.807, 2.05) is 50.2 Å². The van der Waals surface area contributed by atoms with Crippen LogP contribution in [0.5, 0.6) is 11.5 Å². The third-order valence-electron chi connectivity index (χ3n) is 3.16. The van der Waals surface area contributed by atoms with Crippen molar-refractivity contribution in [2.45, 2.75) is 26.3 Å². The first-order valence-corrected chi connectivity index (χ1v) is 6.99. The molecular formula is C17H20N2O2. The molecular weight excluding hydrogens is 264 g/mol. The van der Waals surface area contributed by atoms with Crippen molar-refractivity contribution in [1.29, 1.82) is 0 Å². The lowest BCUT2D eigenvalue weighted by molar-refractivity contribution is -0.117. The fourth-order valence-electron chi connectivity index (χ4n) is 1.77. The molecule has 0 unspecified atom stereocenters. The highest BCUT2D eigenvalue weighted by Gasteiger charge is 2.10. The van der Waals surface area contributed by atoms with Crippen LogP contribution in [0.2, 0.25) is 0 Å². The minimum absolute atomic E-state index is 0.176. The van der Waals surface area contributed by atoms with E-state index in [4.69, 9.17) is 10.5 Å². The van der Waals surface area contributed by atoms with Crippen molar-refractivity contribution in [2.75, 3.05) is 5.32 Å². The smallest absolute Gasteiger partial charge is 0.241 e. The second-order valence-electron chi connectivity index (χ2n) is 4.94. The average molecular weight is 284 g/mol. The van der Waals surface area contributed by atoms with Crippen molar-refractivity contribution in [3.05, 3.63) is 54.1 Å². The highest BCUT2D eigenvalue weighted by atomic mass is 16.5. The number of ether oxygens (including phenoxy) is 1. The monoisotopic (exact) mass is 284 g/mol. The molecule has 0 saturated heterocycles. The van der Waals surface area contributed by atoms with E-state index in [0.717, 1.165) is 11.5 Å². The lowest BCUT2D eigenvalue weighted by Crippen LogP contribution is -2.34. The number of benzene rings is 2. The van der Waals surface area contributed by atoms with Gasteiger partial charge in [-0.2, -0.15) is 0 Å². The second kappa shape index (κ2) is 6.90. The second-order valence-corrected chi connectivity index (χ2v) is 4.94. The standard InChI is InChI=1S/C17H20N2O2/c1-3-16(18)17(20)19-13-6-10-15(11-7-13)21-14-8-4-12(2)5-9-14/h4-11,16H,3,18H2,1-2H3,(H,19,20)/t16-/m0/s1. The molecule has 0 heterocycles. The molecule has 0 radical (unpaired) electrons. The van der Waals surface area contributed by atoms with E-state index in [1.54, 1.807) is 12.1 Å². The minimum Gasteiger partial charge on any atom is -0.457 e. The first-order valence-electron chi connectivity index (χ1n) is 6.99. The van der Waals surface area contributed by atoms with Gasteiger partial charge in [0.25, 0.3) is 0 Å². The molecule has 0 aliphatic carbocycles. The van der Waals surface area contributed by atoms with Gasteiger partial charge in [-0.1, -0.05) is 24.6 Å². The maximum Gasteiger partial charge on any atom is 0.241 e. The molecule has 3 N–H and O–H groups in total. The number of carbonyl (C=O) groups is 1. The van der Waals surface area contributed by atoms with Gasteiger partial charge in [-0.05, 0) is 49.7 Å². The number of nitrogens with one attached hydrogen (secondary N) is 1. The topological polar surface area (TPSA) is 64.4 Å². The van der Waals surface area contributed by atoms with E-state index < -0.39 is 6.04 Å². The number of carbonyl (C=O) groups excluding carboxylic acids is 1. The van der Waals surface area contributed by atoms with E-state index >= 15 is 0 Å². The Labute approximate surface area is 124 Å². The summed E-state index contributed by atoms with van der Waals surface area (Å²) in [5.41, 5.74) is 7.57. The van der Waals surface area contributed by atoms with E-state index in [0.29, 0.717) is 12.1 Å². The van der Waals surface area contributed by atoms with Crippen LogP contribution in [0, 0.1) is 6.92 Å². The van der Waals surface area contributed by atoms with Crippen LogP contribution in [0.3, 0.4) is 0 Å². The number of amides is 1. The molecule has 0 spiro atoms. The minimum atomic E-state index is -0.478. The molecule has 4 heteroatoms. The SMILES string of the molecule is CC[C@H](N)C(=O)Nc1ccc(Oc2ccc(C)cc2)cc1. The van der Waals surface area contributed by atoms with Crippen LogP contribution in [-0.2, 0) is 4.79 Å². The zero-order chi connectivity index (χ0) is 15.2. The fourth-order valence-corrected chi connectivity index (χ4v) is 1.77. The summed E-state index contributed by atoms with van der Waals surface area (Å²) in [6.45, 7) is 3.91. The Bertz CT molecular complexity index is 591. The van der Waals surface area contributed by atoms with Crippen LogP contribution in [0.1, 0.15) is 18.9 Å². The zero-order valence-electron chi connectivity index (χ0n) is 12.3. The Kier molecular flexibility index (Phi) is 4.95. The largest absolute Gasteiger partial charge is 0.457 e. The van der Waals surface area contributed by atoms with Gasteiger partial charge in [-0.15, -0.1) is 0 Å². The van der Waals surface area contributed by atoms with Gasteiger partial charge >= 0.3 is 0 Å². The Balaban J connectivity index is 1.98. The molecule has 21 heavy (non-hydrogen) atoms. The third-order valence-corrected chi connectivity index (χ3v) is 3.16. The summed E-state index contributed by atoms with van der Waals surface area (Å²) in [6.07, 6.45) is 0.612. The number of hydrogen-bond donors (Lipinski definition) is 2. The van der Waals surface area contributed by atoms with Crippen LogP contribution in [-0.4, -0.2) is 11.9 Å². The van der Waals surface area contributed by atoms with Crippen LogP contribution < -0.4 is 15.8 Å². The molecule has 0 aliphatic heterocycles. The molecule has 0 bridgehead atoms. The Morgan fingerprint density at radius 2 is 1.62 bits per heavy atom. The van der Waals surface area contributed by atoms with Gasteiger partial charge in [0.2, 0.25) is 5.91 Å². The van der Waals surface area contributed by atoms with Crippen LogP contribution in [0.15, 0.2) is 48.5 Å². The first kappa shape index (κ1) is 15.1. The molecule has 1 amide bonds. The number of hydrogen-bond acceptors (Lipinski definition) is 3. The molecule has 0 fully saturated rings. The third kappa shape index (κ3) is 4.33. The van der Waals surface area contributed by atoms with Crippen molar-refractivity contribution >= 4 is 11.6 Å². The Hall–Kier alpha value is -2.33. The maximum absolute atomic E-state index is 11.7. The summed E-state index contributed by atoms with van der Waals surface area (Å²) in [5.74, 6) is 1.33. The molecule has 2 rings (SSSR count). The van der Waals surface area contributed by atoms with Gasteiger partial charge in [-0.3, -0.25) is 4.79 Å². The highest BCUT2D eigenvalue weighted by molar-refractivity contribution is 5.94. The van der Waals surface area contributed by atoms with Crippen molar-refractivity contribution in [3.8, 4) is 11.5 Å². The summed E-state index contributed by atoms with van der Waals surface area (Å²) >= 11 is 0. The molecule has 110 valence electrons. The van der Waals surface area contributed by atoms with Crippen LogP contribution in [0.25, 0.3) is 0 Å². The molecule has 4 nitrogen and oxygen atoms in total. The van der Waals surface area contributed by atoms with E-state index in [9.17, 15) is 4.79 Å². The van der Waals surface area contributed by atoms with E-state index in [1.165, 1.54) is 5.56 Å². The van der Waals surface area contributed by atoms with E-state index in [-0.39, 0.29) is 5.91 Å². The summed E-state index contributed by atoms with van der Waals surface area (Å²) in [6, 6.07) is 14.6. The predicted octanol–water partition coefficient (Wildman–Crippen LogP) is 3.46. The molecule has 1 atom stereocenters. The zero-order valence-corrected chi connectivity index (χ0v) is 12.3. The summed E-state index contributed by atoms with van der Waals surface area (Å²) in [7, 11) is 0. The Morgan fingerprint density at radius 3 is 2.14 bits per heavy atom. The molecule has 0 aromatic heterocycles. The lowest BCUT2D eigenvalue weighted by Gasteiger charge is -2.11. The lowest BCUT2D eigenvalue weighted by atomic mass is 10.2. The number of aryl methyl sites for hydroxylation is 1. The Morgan fingerprint density at radius 1 is 1.10 bits per heavy atom. The van der Waals surface area contributed by atoms with E-state index in [2.05, 4.69) is 5.32 Å². The number of rotatable bonds is 5. The van der Waals surface area contributed by atoms with Gasteiger partial charge in [0, 0.05) is 5.69 Å². The predicted molar refractivity (Wildman–Crippen MR) is 84.6 cm³/mol. The summed E-state index contributed by atoms with van der Waals surface area (Å²) < 4.78 is 5.72. The number of anilines is 1. The number of nitrogens with two attached hydrogens (primary N) is 1. The quantitative estimate of drug-likeness (QED) is 0.883. The fraction of sp³-hybridized carbons (Fsp3) is 0.235. The van der Waals surface area contributed by atoms with Gasteiger partial charge < -0.3 is 15.8 Å². The van der Waals surface area contributed by atoms with Gasteiger partial charge in [0.1, 0.15) is 11.5 Å². The molecule has 0 saturated carbocycles. The van der Waals surface area contributed by atoms with Gasteiger partial charge in [0.15, 0.2) is 0 Å². The van der Waals surface area contributed by atoms with Crippen molar-refractivity contribution in [2.24, 2.45) is 5.73 Å². The molecule has 0 aliphatic rings. The van der Waals surface area contributed by atoms with Crippen molar-refractivity contribution in [3.63, 3.8) is 0 Å².